The number of hydrazine groups is 1. The van der Waals surface area contributed by atoms with E-state index in [-0.39, 0.29) is 23.1 Å². The molecule has 3 N–H and O–H groups in total. The summed E-state index contributed by atoms with van der Waals surface area (Å²) in [6.45, 7) is -0.155. The topological polar surface area (TPSA) is 83.4 Å². The average molecular weight is 362 g/mol. The van der Waals surface area contributed by atoms with Gasteiger partial charge in [-0.1, -0.05) is 12.1 Å². The third-order valence-corrected chi connectivity index (χ3v) is 3.00. The molecule has 0 radical (unpaired) electrons. The molecule has 3 amide bonds. The van der Waals surface area contributed by atoms with Gasteiger partial charge >= 0.3 is 18.1 Å². The predicted octanol–water partition coefficient (Wildman–Crippen LogP) is 3.10. The fourth-order valence-corrected chi connectivity index (χ4v) is 1.84. The first kappa shape index (κ1) is 17.7. The zero-order chi connectivity index (χ0) is 17.7. The van der Waals surface area contributed by atoms with Gasteiger partial charge in [-0.15, -0.1) is 0 Å². The van der Waals surface area contributed by atoms with Crippen LogP contribution in [-0.2, 0) is 12.7 Å². The lowest BCUT2D eigenvalue weighted by molar-refractivity contribution is -0.137. The van der Waals surface area contributed by atoms with E-state index in [2.05, 4.69) is 10.7 Å². The van der Waals surface area contributed by atoms with E-state index in [9.17, 15) is 22.8 Å². The molecule has 0 aliphatic rings. The molecule has 6 nitrogen and oxygen atoms in total. The number of furan rings is 1. The molecule has 0 saturated carbocycles. The summed E-state index contributed by atoms with van der Waals surface area (Å²) in [6, 6.07) is 6.36. The second kappa shape index (κ2) is 7.26. The third-order valence-electron chi connectivity index (χ3n) is 2.79. The van der Waals surface area contributed by atoms with Crippen molar-refractivity contribution in [2.75, 3.05) is 0 Å². The molecule has 0 fully saturated rings. The third kappa shape index (κ3) is 4.92. The number of carbonyl (C=O) groups excluding carboxylic acids is 2. The Morgan fingerprint density at radius 1 is 1.12 bits per heavy atom. The monoisotopic (exact) mass is 361 g/mol. The lowest BCUT2D eigenvalue weighted by Gasteiger charge is -2.10. The van der Waals surface area contributed by atoms with Gasteiger partial charge in [0.2, 0.25) is 0 Å². The van der Waals surface area contributed by atoms with Crippen LogP contribution in [0.2, 0.25) is 5.22 Å². The Hall–Kier alpha value is -2.68. The summed E-state index contributed by atoms with van der Waals surface area (Å²) in [7, 11) is 0. The molecular weight excluding hydrogens is 351 g/mol. The van der Waals surface area contributed by atoms with Gasteiger partial charge in [0, 0.05) is 6.54 Å². The molecule has 10 heteroatoms. The van der Waals surface area contributed by atoms with Gasteiger partial charge < -0.3 is 9.73 Å². The normalized spacial score (nSPS) is 11.0. The highest BCUT2D eigenvalue weighted by Crippen LogP contribution is 2.29. The predicted molar refractivity (Wildman–Crippen MR) is 78.0 cm³/mol. The van der Waals surface area contributed by atoms with Crippen LogP contribution in [0.15, 0.2) is 40.8 Å². The molecule has 2 rings (SSSR count). The number of amides is 3. The number of hydrogen-bond donors (Lipinski definition) is 3. The minimum Gasteiger partial charge on any atom is -0.439 e. The Morgan fingerprint density at radius 3 is 2.50 bits per heavy atom. The van der Waals surface area contributed by atoms with E-state index in [1.807, 2.05) is 5.43 Å². The van der Waals surface area contributed by atoms with Gasteiger partial charge in [0.05, 0.1) is 5.56 Å². The fourth-order valence-electron chi connectivity index (χ4n) is 1.70. The molecule has 0 unspecified atom stereocenters. The first-order chi connectivity index (χ1) is 11.3. The summed E-state index contributed by atoms with van der Waals surface area (Å²) >= 11 is 5.50. The Morgan fingerprint density at radius 2 is 1.88 bits per heavy atom. The smallest absolute Gasteiger partial charge is 0.416 e. The van der Waals surface area contributed by atoms with Crippen LogP contribution in [0, 0.1) is 0 Å². The quantitative estimate of drug-likeness (QED) is 0.735. The zero-order valence-electron chi connectivity index (χ0n) is 11.9. The number of urea groups is 1. The first-order valence-electron chi connectivity index (χ1n) is 6.51. The highest BCUT2D eigenvalue weighted by molar-refractivity contribution is 6.29. The maximum atomic E-state index is 12.6. The molecule has 2 aromatic rings. The van der Waals surface area contributed by atoms with Crippen molar-refractivity contribution in [3.63, 3.8) is 0 Å². The SMILES string of the molecule is O=C(NCc1cccc(C(F)(F)F)c1)NNC(=O)c1ccc(Cl)o1. The van der Waals surface area contributed by atoms with Gasteiger partial charge in [-0.2, -0.15) is 13.2 Å². The van der Waals surface area contributed by atoms with Crippen LogP contribution in [0.25, 0.3) is 0 Å². The maximum Gasteiger partial charge on any atom is 0.416 e. The minimum absolute atomic E-state index is 0.00847. The molecule has 1 aromatic carbocycles. The number of rotatable bonds is 3. The van der Waals surface area contributed by atoms with Gasteiger partial charge in [0.25, 0.3) is 0 Å². The maximum absolute atomic E-state index is 12.6. The fraction of sp³-hybridized carbons (Fsp3) is 0.143. The van der Waals surface area contributed by atoms with Crippen molar-refractivity contribution >= 4 is 23.5 Å². The summed E-state index contributed by atoms with van der Waals surface area (Å²) in [6.07, 6.45) is -4.46. The van der Waals surface area contributed by atoms with E-state index < -0.39 is 23.7 Å². The summed E-state index contributed by atoms with van der Waals surface area (Å²) in [4.78, 5) is 23.1. The van der Waals surface area contributed by atoms with Gasteiger partial charge in [-0.05, 0) is 41.4 Å². The van der Waals surface area contributed by atoms with E-state index in [1.165, 1.54) is 24.3 Å². The Balaban J connectivity index is 1.82. The van der Waals surface area contributed by atoms with Gasteiger partial charge in [0.1, 0.15) is 0 Å². The molecule has 128 valence electrons. The lowest BCUT2D eigenvalue weighted by Crippen LogP contribution is -2.46. The van der Waals surface area contributed by atoms with Gasteiger partial charge in [0.15, 0.2) is 11.0 Å². The number of carbonyl (C=O) groups is 2. The standard InChI is InChI=1S/C14H11ClF3N3O3/c15-11-5-4-10(24-11)12(22)20-21-13(23)19-7-8-2-1-3-9(6-8)14(16,17)18/h1-6H,7H2,(H,20,22)(H2,19,21,23). The molecule has 0 aliphatic carbocycles. The van der Waals surface area contributed by atoms with Crippen LogP contribution in [-0.4, -0.2) is 11.9 Å². The van der Waals surface area contributed by atoms with Crippen molar-refractivity contribution in [3.8, 4) is 0 Å². The summed E-state index contributed by atoms with van der Waals surface area (Å²) in [5.74, 6) is -0.853. The summed E-state index contributed by atoms with van der Waals surface area (Å²) in [5, 5.41) is 2.31. The van der Waals surface area contributed by atoms with E-state index in [0.29, 0.717) is 0 Å². The number of nitrogens with one attached hydrogen (secondary N) is 3. The molecular formula is C14H11ClF3N3O3. The van der Waals surface area contributed by atoms with Crippen molar-refractivity contribution in [1.29, 1.82) is 0 Å². The van der Waals surface area contributed by atoms with E-state index >= 15 is 0 Å². The summed E-state index contributed by atoms with van der Waals surface area (Å²) in [5.41, 5.74) is 3.52. The number of hydrogen-bond acceptors (Lipinski definition) is 3. The van der Waals surface area contributed by atoms with Crippen LogP contribution < -0.4 is 16.2 Å². The molecule has 0 atom stereocenters. The van der Waals surface area contributed by atoms with E-state index in [1.54, 1.807) is 0 Å². The Labute approximate surface area is 138 Å². The van der Waals surface area contributed by atoms with E-state index in [4.69, 9.17) is 16.0 Å². The van der Waals surface area contributed by atoms with Crippen LogP contribution in [0.4, 0.5) is 18.0 Å². The second-order valence-electron chi connectivity index (χ2n) is 4.56. The molecule has 1 aromatic heterocycles. The largest absolute Gasteiger partial charge is 0.439 e. The lowest BCUT2D eigenvalue weighted by atomic mass is 10.1. The number of halogens is 4. The zero-order valence-corrected chi connectivity index (χ0v) is 12.7. The summed E-state index contributed by atoms with van der Waals surface area (Å²) < 4.78 is 42.5. The molecule has 0 spiro atoms. The second-order valence-corrected chi connectivity index (χ2v) is 4.94. The molecule has 0 bridgehead atoms. The van der Waals surface area contributed by atoms with Crippen molar-refractivity contribution in [2.45, 2.75) is 12.7 Å². The number of alkyl halides is 3. The highest BCUT2D eigenvalue weighted by Gasteiger charge is 2.30. The van der Waals surface area contributed by atoms with Crippen LogP contribution in [0.3, 0.4) is 0 Å². The molecule has 24 heavy (non-hydrogen) atoms. The van der Waals surface area contributed by atoms with Crippen LogP contribution >= 0.6 is 11.6 Å². The van der Waals surface area contributed by atoms with Gasteiger partial charge in [-0.3, -0.25) is 10.2 Å². The van der Waals surface area contributed by atoms with Gasteiger partial charge in [-0.25, -0.2) is 10.2 Å². The Kier molecular flexibility index (Phi) is 5.35. The highest BCUT2D eigenvalue weighted by atomic mass is 35.5. The first-order valence-corrected chi connectivity index (χ1v) is 6.89. The molecule has 1 heterocycles. The molecule has 0 saturated heterocycles. The van der Waals surface area contributed by atoms with Crippen molar-refractivity contribution in [2.24, 2.45) is 0 Å². The number of benzene rings is 1. The Bertz CT molecular complexity index is 746. The van der Waals surface area contributed by atoms with Crippen molar-refractivity contribution < 1.29 is 27.2 Å². The minimum atomic E-state index is -4.46. The average Bonchev–Trinajstić information content (AvgIpc) is 2.96. The molecule has 0 aliphatic heterocycles. The van der Waals surface area contributed by atoms with Crippen molar-refractivity contribution in [3.05, 3.63) is 58.5 Å². The van der Waals surface area contributed by atoms with Crippen LogP contribution in [0.1, 0.15) is 21.7 Å². The van der Waals surface area contributed by atoms with Crippen molar-refractivity contribution in [1.82, 2.24) is 16.2 Å². The van der Waals surface area contributed by atoms with Crippen LogP contribution in [0.5, 0.6) is 0 Å². The van der Waals surface area contributed by atoms with E-state index in [0.717, 1.165) is 12.1 Å².